The van der Waals surface area contributed by atoms with Crippen molar-refractivity contribution >= 4 is 23.0 Å². The van der Waals surface area contributed by atoms with Gasteiger partial charge in [-0.3, -0.25) is 4.98 Å². The summed E-state index contributed by atoms with van der Waals surface area (Å²) in [5.41, 5.74) is -0.269. The molecule has 0 amide bonds. The van der Waals surface area contributed by atoms with Crippen molar-refractivity contribution in [3.05, 3.63) is 29.0 Å². The Morgan fingerprint density at radius 1 is 1.32 bits per heavy atom. The molecule has 1 aromatic heterocycles. The van der Waals surface area contributed by atoms with Gasteiger partial charge in [-0.15, -0.1) is 4.72 Å². The highest BCUT2D eigenvalue weighted by Crippen LogP contribution is 2.33. The van der Waals surface area contributed by atoms with Crippen molar-refractivity contribution in [1.82, 2.24) is 9.71 Å². The van der Waals surface area contributed by atoms with E-state index in [9.17, 15) is 17.7 Å². The maximum atomic E-state index is 13.0. The molecule has 1 aromatic rings. The number of halogens is 4. The van der Waals surface area contributed by atoms with Crippen LogP contribution in [0.1, 0.15) is 32.5 Å². The molecular weight excluding hydrogens is 301 g/mol. The third-order valence-corrected chi connectivity index (χ3v) is 3.94. The Labute approximate surface area is 117 Å². The van der Waals surface area contributed by atoms with Crippen molar-refractivity contribution in [1.29, 1.82) is 0 Å². The lowest BCUT2D eigenvalue weighted by molar-refractivity contribution is -0.153. The molecule has 108 valence electrons. The second kappa shape index (κ2) is 5.87. The third-order valence-electron chi connectivity index (χ3n) is 2.15. The van der Waals surface area contributed by atoms with Gasteiger partial charge in [-0.05, 0) is 32.9 Å². The van der Waals surface area contributed by atoms with E-state index in [1.54, 1.807) is 20.8 Å². The third kappa shape index (κ3) is 4.83. The summed E-state index contributed by atoms with van der Waals surface area (Å²) in [6.45, 7) is 4.75. The summed E-state index contributed by atoms with van der Waals surface area (Å²) in [7, 11) is 0. The second-order valence-electron chi connectivity index (χ2n) is 4.87. The van der Waals surface area contributed by atoms with Gasteiger partial charge in [-0.25, -0.2) is 0 Å². The summed E-state index contributed by atoms with van der Waals surface area (Å²) >= 11 is 3.72. The van der Waals surface area contributed by atoms with E-state index < -0.39 is 28.3 Å². The van der Waals surface area contributed by atoms with Crippen molar-refractivity contribution in [2.75, 3.05) is 0 Å². The smallest absolute Gasteiger partial charge is 0.413 e. The Balaban J connectivity index is 3.00. The Morgan fingerprint density at radius 3 is 2.26 bits per heavy atom. The van der Waals surface area contributed by atoms with Crippen LogP contribution in [0.3, 0.4) is 0 Å². The van der Waals surface area contributed by atoms with Gasteiger partial charge >= 0.3 is 6.18 Å². The number of hydrogen-bond acceptors (Lipinski definition) is 3. The van der Waals surface area contributed by atoms with Crippen LogP contribution in [0.5, 0.6) is 0 Å². The number of nitrogens with zero attached hydrogens (tertiary/aromatic N) is 1. The predicted octanol–water partition coefficient (Wildman–Crippen LogP) is 3.39. The molecule has 0 aliphatic carbocycles. The lowest BCUT2D eigenvalue weighted by Gasteiger charge is -2.28. The molecule has 19 heavy (non-hydrogen) atoms. The van der Waals surface area contributed by atoms with Crippen molar-refractivity contribution in [2.45, 2.75) is 37.7 Å². The SMILES string of the molecule is CC(C)(C)[S+]([O-])NC(c1ccc(Cl)cn1)C(F)(F)F. The van der Waals surface area contributed by atoms with Crippen LogP contribution in [-0.2, 0) is 11.4 Å². The largest absolute Gasteiger partial charge is 0.598 e. The van der Waals surface area contributed by atoms with E-state index >= 15 is 0 Å². The summed E-state index contributed by atoms with van der Waals surface area (Å²) in [6.07, 6.45) is -3.47. The average Bonchev–Trinajstić information content (AvgIpc) is 2.24. The molecule has 0 aliphatic rings. The minimum atomic E-state index is -4.60. The van der Waals surface area contributed by atoms with Gasteiger partial charge in [0.1, 0.15) is 4.75 Å². The Hall–Kier alpha value is -0.500. The van der Waals surface area contributed by atoms with E-state index in [1.165, 1.54) is 6.07 Å². The molecule has 1 heterocycles. The molecule has 0 bridgehead atoms. The van der Waals surface area contributed by atoms with Crippen LogP contribution >= 0.6 is 11.6 Å². The van der Waals surface area contributed by atoms with E-state index in [2.05, 4.69) is 9.71 Å². The normalized spacial score (nSPS) is 16.2. The molecule has 0 aromatic carbocycles. The number of rotatable bonds is 3. The van der Waals surface area contributed by atoms with E-state index in [-0.39, 0.29) is 10.7 Å². The maximum absolute atomic E-state index is 13.0. The van der Waals surface area contributed by atoms with Gasteiger partial charge in [-0.1, -0.05) is 11.6 Å². The highest BCUT2D eigenvalue weighted by molar-refractivity contribution is 7.90. The number of nitrogens with one attached hydrogen (secondary N) is 1. The van der Waals surface area contributed by atoms with Crippen LogP contribution in [0.4, 0.5) is 13.2 Å². The summed E-state index contributed by atoms with van der Waals surface area (Å²) in [6, 6.07) is 0.377. The summed E-state index contributed by atoms with van der Waals surface area (Å²) in [5.74, 6) is 0. The van der Waals surface area contributed by atoms with E-state index in [4.69, 9.17) is 11.6 Å². The van der Waals surface area contributed by atoms with Crippen molar-refractivity contribution in [3.63, 3.8) is 0 Å². The zero-order chi connectivity index (χ0) is 14.8. The molecule has 3 nitrogen and oxygen atoms in total. The van der Waals surface area contributed by atoms with Gasteiger partial charge in [0.25, 0.3) is 0 Å². The molecule has 2 atom stereocenters. The molecule has 0 radical (unpaired) electrons. The van der Waals surface area contributed by atoms with Crippen LogP contribution in [-0.4, -0.2) is 20.5 Å². The maximum Gasteiger partial charge on any atom is 0.413 e. The highest BCUT2D eigenvalue weighted by atomic mass is 35.5. The zero-order valence-corrected chi connectivity index (χ0v) is 12.2. The molecular formula is C11H14ClF3N2OS. The van der Waals surface area contributed by atoms with Gasteiger partial charge in [0.2, 0.25) is 0 Å². The van der Waals surface area contributed by atoms with Crippen LogP contribution in [0, 0.1) is 0 Å². The number of pyridine rings is 1. The quantitative estimate of drug-likeness (QED) is 0.870. The number of hydrogen-bond donors (Lipinski definition) is 1. The van der Waals surface area contributed by atoms with Crippen LogP contribution < -0.4 is 4.72 Å². The Kier molecular flexibility index (Phi) is 5.11. The Morgan fingerprint density at radius 2 is 1.89 bits per heavy atom. The Bertz CT molecular complexity index is 419. The molecule has 8 heteroatoms. The molecule has 0 aliphatic heterocycles. The first-order valence-corrected chi connectivity index (χ1v) is 6.91. The molecule has 0 saturated carbocycles. The standard InChI is InChI=1S/C11H14ClF3N2OS/c1-10(2,3)19(18)17-9(11(13,14)15)8-5-4-7(12)6-16-8/h4-6,9,17H,1-3H3. The van der Waals surface area contributed by atoms with Gasteiger partial charge in [0.15, 0.2) is 6.04 Å². The number of alkyl halides is 3. The fraction of sp³-hybridized carbons (Fsp3) is 0.545. The monoisotopic (exact) mass is 314 g/mol. The first kappa shape index (κ1) is 16.6. The molecule has 1 rings (SSSR count). The topological polar surface area (TPSA) is 48.0 Å². The minimum absolute atomic E-state index is 0.238. The van der Waals surface area contributed by atoms with Gasteiger partial charge in [0, 0.05) is 17.6 Å². The second-order valence-corrected chi connectivity index (χ2v) is 7.31. The fourth-order valence-electron chi connectivity index (χ4n) is 1.14. The van der Waals surface area contributed by atoms with Crippen molar-refractivity contribution < 1.29 is 17.7 Å². The van der Waals surface area contributed by atoms with Gasteiger partial charge in [-0.2, -0.15) is 13.2 Å². The van der Waals surface area contributed by atoms with E-state index in [0.29, 0.717) is 0 Å². The lowest BCUT2D eigenvalue weighted by atomic mass is 10.2. The molecule has 2 unspecified atom stereocenters. The summed E-state index contributed by atoms with van der Waals surface area (Å²) in [5, 5.41) is 0.238. The minimum Gasteiger partial charge on any atom is -0.598 e. The first-order chi connectivity index (χ1) is 8.51. The summed E-state index contributed by atoms with van der Waals surface area (Å²) in [4.78, 5) is 3.63. The average molecular weight is 315 g/mol. The molecule has 0 saturated heterocycles. The zero-order valence-electron chi connectivity index (χ0n) is 10.6. The first-order valence-electron chi connectivity index (χ1n) is 5.38. The van der Waals surface area contributed by atoms with Crippen LogP contribution in [0.15, 0.2) is 18.3 Å². The summed E-state index contributed by atoms with van der Waals surface area (Å²) < 4.78 is 52.0. The molecule has 0 fully saturated rings. The fourth-order valence-corrected chi connectivity index (χ4v) is 2.07. The van der Waals surface area contributed by atoms with Crippen LogP contribution in [0.2, 0.25) is 5.02 Å². The van der Waals surface area contributed by atoms with Crippen molar-refractivity contribution in [2.24, 2.45) is 0 Å². The lowest BCUT2D eigenvalue weighted by Crippen LogP contribution is -2.45. The van der Waals surface area contributed by atoms with Crippen molar-refractivity contribution in [3.8, 4) is 0 Å². The van der Waals surface area contributed by atoms with E-state index in [1.807, 2.05) is 0 Å². The van der Waals surface area contributed by atoms with E-state index in [0.717, 1.165) is 12.3 Å². The number of aromatic nitrogens is 1. The predicted molar refractivity (Wildman–Crippen MR) is 69.1 cm³/mol. The molecule has 0 spiro atoms. The molecule has 1 N–H and O–H groups in total. The highest BCUT2D eigenvalue weighted by Gasteiger charge is 2.46. The van der Waals surface area contributed by atoms with Gasteiger partial charge in [0.05, 0.1) is 10.7 Å². The van der Waals surface area contributed by atoms with Gasteiger partial charge < -0.3 is 4.55 Å². The van der Waals surface area contributed by atoms with Crippen LogP contribution in [0.25, 0.3) is 0 Å².